The van der Waals surface area contributed by atoms with Gasteiger partial charge in [-0.1, -0.05) is 64.5 Å². The molecule has 1 unspecified atom stereocenters. The number of aromatic amines is 1. The molecule has 3 aromatic carbocycles. The van der Waals surface area contributed by atoms with Crippen molar-refractivity contribution in [1.82, 2.24) is 4.98 Å². The maximum atomic E-state index is 10.7. The molecule has 124 valence electrons. The van der Waals surface area contributed by atoms with Crippen molar-refractivity contribution in [2.24, 2.45) is 0 Å². The Bertz CT molecular complexity index is 1040. The number of fused-ring (bicyclic) bond motifs is 1. The third-order valence-electron chi connectivity index (χ3n) is 4.43. The lowest BCUT2D eigenvalue weighted by atomic mass is 9.84. The van der Waals surface area contributed by atoms with E-state index in [0.29, 0.717) is 4.47 Å². The van der Waals surface area contributed by atoms with Crippen molar-refractivity contribution in [3.8, 4) is 5.75 Å². The first-order chi connectivity index (χ1) is 12.1. The minimum absolute atomic E-state index is 0.0776. The minimum Gasteiger partial charge on any atom is -0.506 e. The van der Waals surface area contributed by atoms with Gasteiger partial charge in [0.15, 0.2) is 0 Å². The molecule has 4 rings (SSSR count). The van der Waals surface area contributed by atoms with Gasteiger partial charge in [-0.3, -0.25) is 0 Å². The Labute approximate surface area is 162 Å². The highest BCUT2D eigenvalue weighted by atomic mass is 79.9. The summed E-state index contributed by atoms with van der Waals surface area (Å²) in [6.07, 6.45) is 2.04. The average Bonchev–Trinajstić information content (AvgIpc) is 3.04. The van der Waals surface area contributed by atoms with E-state index < -0.39 is 0 Å². The van der Waals surface area contributed by atoms with Crippen molar-refractivity contribution in [2.45, 2.75) is 5.92 Å². The van der Waals surface area contributed by atoms with Crippen LogP contribution >= 0.6 is 31.9 Å². The lowest BCUT2D eigenvalue weighted by Crippen LogP contribution is -2.03. The first-order valence-electron chi connectivity index (χ1n) is 7.94. The maximum absolute atomic E-state index is 10.7. The van der Waals surface area contributed by atoms with Crippen LogP contribution in [0.4, 0.5) is 0 Å². The fourth-order valence-corrected chi connectivity index (χ4v) is 4.57. The first kappa shape index (κ1) is 16.4. The number of phenols is 1. The molecule has 2 nitrogen and oxygen atoms in total. The van der Waals surface area contributed by atoms with Crippen molar-refractivity contribution in [1.29, 1.82) is 0 Å². The quantitative estimate of drug-likeness (QED) is 0.359. The molecule has 4 aromatic rings. The van der Waals surface area contributed by atoms with E-state index in [4.69, 9.17) is 0 Å². The summed E-state index contributed by atoms with van der Waals surface area (Å²) >= 11 is 7.02. The number of aromatic nitrogens is 1. The molecule has 0 fully saturated rings. The second-order valence-electron chi connectivity index (χ2n) is 5.96. The second-order valence-corrected chi connectivity index (χ2v) is 7.73. The van der Waals surface area contributed by atoms with Crippen LogP contribution in [0.2, 0.25) is 0 Å². The third-order valence-corrected chi connectivity index (χ3v) is 5.50. The highest BCUT2D eigenvalue weighted by molar-refractivity contribution is 9.11. The summed E-state index contributed by atoms with van der Waals surface area (Å²) in [6, 6.07) is 22.3. The fraction of sp³-hybridized carbons (Fsp3) is 0.0476. The van der Waals surface area contributed by atoms with E-state index in [1.807, 2.05) is 48.7 Å². The zero-order chi connectivity index (χ0) is 17.4. The molecule has 1 heterocycles. The van der Waals surface area contributed by atoms with Crippen LogP contribution in [0.25, 0.3) is 10.9 Å². The first-order valence-corrected chi connectivity index (χ1v) is 9.52. The van der Waals surface area contributed by atoms with Gasteiger partial charge in [-0.25, -0.2) is 0 Å². The molecular formula is C21H15Br2NO. The summed E-state index contributed by atoms with van der Waals surface area (Å²) in [7, 11) is 0. The molecule has 0 amide bonds. The molecule has 1 atom stereocenters. The van der Waals surface area contributed by atoms with Gasteiger partial charge in [-0.15, -0.1) is 0 Å². The Kier molecular flexibility index (Phi) is 4.40. The average molecular weight is 457 g/mol. The lowest BCUT2D eigenvalue weighted by molar-refractivity contribution is 0.463. The number of benzene rings is 3. The van der Waals surface area contributed by atoms with Gasteiger partial charge in [-0.05, 0) is 45.3 Å². The molecule has 0 spiro atoms. The number of H-pyrrole nitrogens is 1. The largest absolute Gasteiger partial charge is 0.506 e. The number of aromatic hydroxyl groups is 1. The number of para-hydroxylation sites is 1. The van der Waals surface area contributed by atoms with E-state index >= 15 is 0 Å². The highest BCUT2D eigenvalue weighted by Gasteiger charge is 2.24. The zero-order valence-corrected chi connectivity index (χ0v) is 16.4. The topological polar surface area (TPSA) is 36.0 Å². The monoisotopic (exact) mass is 455 g/mol. The number of nitrogens with one attached hydrogen (secondary N) is 1. The van der Waals surface area contributed by atoms with Crippen LogP contribution in [0.3, 0.4) is 0 Å². The molecule has 2 N–H and O–H groups in total. The Balaban J connectivity index is 2.02. The fourth-order valence-electron chi connectivity index (χ4n) is 3.31. The smallest absolute Gasteiger partial charge is 0.133 e. The van der Waals surface area contributed by atoms with Crippen LogP contribution in [0, 0.1) is 0 Å². The normalized spacial score (nSPS) is 12.4. The van der Waals surface area contributed by atoms with E-state index in [1.54, 1.807) is 0 Å². The number of hydrogen-bond acceptors (Lipinski definition) is 1. The Morgan fingerprint density at radius 1 is 0.840 bits per heavy atom. The number of hydrogen-bond donors (Lipinski definition) is 2. The highest BCUT2D eigenvalue weighted by Crippen LogP contribution is 2.43. The molecule has 0 radical (unpaired) electrons. The van der Waals surface area contributed by atoms with Crippen LogP contribution in [0.15, 0.2) is 81.9 Å². The van der Waals surface area contributed by atoms with Gasteiger partial charge in [-0.2, -0.15) is 0 Å². The van der Waals surface area contributed by atoms with Gasteiger partial charge in [0.1, 0.15) is 5.75 Å². The van der Waals surface area contributed by atoms with Gasteiger partial charge in [0.2, 0.25) is 0 Å². The molecule has 0 bridgehead atoms. The summed E-state index contributed by atoms with van der Waals surface area (Å²) in [5, 5.41) is 11.9. The zero-order valence-electron chi connectivity index (χ0n) is 13.2. The van der Waals surface area contributed by atoms with Crippen molar-refractivity contribution in [3.05, 3.63) is 98.6 Å². The Morgan fingerprint density at radius 3 is 2.36 bits per heavy atom. The molecule has 0 aliphatic rings. The predicted molar refractivity (Wildman–Crippen MR) is 109 cm³/mol. The Hall–Kier alpha value is -2.04. The molecule has 0 saturated carbocycles. The van der Waals surface area contributed by atoms with E-state index in [1.165, 1.54) is 0 Å². The SMILES string of the molecule is Oc1c(Br)cc(Br)cc1C(c1ccccc1)c1c[nH]c2ccccc12. The lowest BCUT2D eigenvalue weighted by Gasteiger charge is -2.20. The van der Waals surface area contributed by atoms with Crippen molar-refractivity contribution in [2.75, 3.05) is 0 Å². The van der Waals surface area contributed by atoms with Crippen LogP contribution in [0.1, 0.15) is 22.6 Å². The molecule has 0 aliphatic heterocycles. The molecule has 4 heteroatoms. The maximum Gasteiger partial charge on any atom is 0.133 e. The summed E-state index contributed by atoms with van der Waals surface area (Å²) < 4.78 is 1.60. The summed E-state index contributed by atoms with van der Waals surface area (Å²) in [5.41, 5.74) is 4.22. The predicted octanol–water partition coefficient (Wildman–Crippen LogP) is 6.58. The van der Waals surface area contributed by atoms with Gasteiger partial charge in [0.05, 0.1) is 4.47 Å². The van der Waals surface area contributed by atoms with Crippen molar-refractivity contribution < 1.29 is 5.11 Å². The van der Waals surface area contributed by atoms with E-state index in [9.17, 15) is 5.11 Å². The Morgan fingerprint density at radius 2 is 1.56 bits per heavy atom. The second kappa shape index (κ2) is 6.70. The van der Waals surface area contributed by atoms with Crippen LogP contribution in [-0.4, -0.2) is 10.1 Å². The van der Waals surface area contributed by atoms with Crippen LogP contribution < -0.4 is 0 Å². The molecular weight excluding hydrogens is 442 g/mol. The van der Waals surface area contributed by atoms with Crippen LogP contribution in [0.5, 0.6) is 5.75 Å². The van der Waals surface area contributed by atoms with E-state index in [2.05, 4.69) is 61.1 Å². The van der Waals surface area contributed by atoms with Crippen molar-refractivity contribution in [3.63, 3.8) is 0 Å². The molecule has 1 aromatic heterocycles. The number of halogens is 2. The number of phenolic OH excluding ortho intramolecular Hbond substituents is 1. The summed E-state index contributed by atoms with van der Waals surface area (Å²) in [4.78, 5) is 3.35. The van der Waals surface area contributed by atoms with Gasteiger partial charge in [0.25, 0.3) is 0 Å². The molecule has 25 heavy (non-hydrogen) atoms. The standard InChI is InChI=1S/C21H15Br2NO/c22-14-10-16(21(25)18(23)11-14)20(13-6-2-1-3-7-13)17-12-24-19-9-5-4-8-15(17)19/h1-12,20,24-25H. The van der Waals surface area contributed by atoms with Crippen LogP contribution in [-0.2, 0) is 0 Å². The number of rotatable bonds is 3. The van der Waals surface area contributed by atoms with E-state index in [0.717, 1.165) is 32.1 Å². The minimum atomic E-state index is -0.0776. The summed E-state index contributed by atoms with van der Waals surface area (Å²) in [6.45, 7) is 0. The third kappa shape index (κ3) is 3.00. The van der Waals surface area contributed by atoms with Crippen molar-refractivity contribution >= 4 is 42.8 Å². The van der Waals surface area contributed by atoms with Gasteiger partial charge >= 0.3 is 0 Å². The van der Waals surface area contributed by atoms with Gasteiger partial charge < -0.3 is 10.1 Å². The van der Waals surface area contributed by atoms with Gasteiger partial charge in [0, 0.05) is 33.1 Å². The molecule has 0 saturated heterocycles. The summed E-state index contributed by atoms with van der Waals surface area (Å²) in [5.74, 6) is 0.188. The van der Waals surface area contributed by atoms with E-state index in [-0.39, 0.29) is 11.7 Å². The molecule has 0 aliphatic carbocycles.